The standard InChI is InChI=1S/C18H27Br/c1-6-9-15(10-7-2)16(8-3)17-12-18(19)14(5)11-13(17)4/h11-12H,6-10H2,1-5H3. The summed E-state index contributed by atoms with van der Waals surface area (Å²) in [5.41, 5.74) is 7.40. The van der Waals surface area contributed by atoms with E-state index in [1.807, 2.05) is 0 Å². The van der Waals surface area contributed by atoms with Gasteiger partial charge in [0, 0.05) is 4.47 Å². The van der Waals surface area contributed by atoms with Crippen molar-refractivity contribution in [3.8, 4) is 0 Å². The molecule has 0 amide bonds. The van der Waals surface area contributed by atoms with Crippen LogP contribution in [0.4, 0.5) is 0 Å². The molecule has 0 fully saturated rings. The summed E-state index contributed by atoms with van der Waals surface area (Å²) in [4.78, 5) is 0. The SMILES string of the molecule is CCCC(CCC)=C(CC)c1cc(Br)c(C)cc1C. The zero-order valence-electron chi connectivity index (χ0n) is 13.1. The van der Waals surface area contributed by atoms with Gasteiger partial charge < -0.3 is 0 Å². The van der Waals surface area contributed by atoms with Gasteiger partial charge in [0.25, 0.3) is 0 Å². The van der Waals surface area contributed by atoms with Crippen molar-refractivity contribution in [2.75, 3.05) is 0 Å². The Kier molecular flexibility index (Phi) is 6.85. The van der Waals surface area contributed by atoms with Gasteiger partial charge in [0.05, 0.1) is 0 Å². The van der Waals surface area contributed by atoms with Crippen molar-refractivity contribution in [1.29, 1.82) is 0 Å². The summed E-state index contributed by atoms with van der Waals surface area (Å²) in [6.07, 6.45) is 6.09. The highest BCUT2D eigenvalue weighted by Gasteiger charge is 2.11. The van der Waals surface area contributed by atoms with E-state index in [1.54, 1.807) is 11.1 Å². The number of aryl methyl sites for hydroxylation is 2. The lowest BCUT2D eigenvalue weighted by molar-refractivity contribution is 0.801. The van der Waals surface area contributed by atoms with Crippen LogP contribution in [0.2, 0.25) is 0 Å². The van der Waals surface area contributed by atoms with Gasteiger partial charge in [-0.05, 0) is 61.4 Å². The van der Waals surface area contributed by atoms with Gasteiger partial charge in [-0.3, -0.25) is 0 Å². The molecule has 0 heterocycles. The van der Waals surface area contributed by atoms with Crippen molar-refractivity contribution in [2.45, 2.75) is 66.7 Å². The van der Waals surface area contributed by atoms with Gasteiger partial charge in [-0.15, -0.1) is 0 Å². The minimum Gasteiger partial charge on any atom is -0.0664 e. The maximum Gasteiger partial charge on any atom is 0.0210 e. The molecule has 0 nitrogen and oxygen atoms in total. The molecule has 0 radical (unpaired) electrons. The summed E-state index contributed by atoms with van der Waals surface area (Å²) < 4.78 is 1.23. The smallest absolute Gasteiger partial charge is 0.0210 e. The number of allylic oxidation sites excluding steroid dienone is 2. The minimum atomic E-state index is 1.13. The Balaban J connectivity index is 3.35. The number of hydrogen-bond donors (Lipinski definition) is 0. The van der Waals surface area contributed by atoms with E-state index in [0.717, 1.165) is 6.42 Å². The van der Waals surface area contributed by atoms with Crippen molar-refractivity contribution in [3.05, 3.63) is 38.9 Å². The molecule has 0 spiro atoms. The first-order valence-electron chi connectivity index (χ1n) is 7.53. The van der Waals surface area contributed by atoms with Gasteiger partial charge in [-0.1, -0.05) is 61.2 Å². The fourth-order valence-electron chi connectivity index (χ4n) is 2.81. The highest BCUT2D eigenvalue weighted by atomic mass is 79.9. The van der Waals surface area contributed by atoms with Gasteiger partial charge in [0.1, 0.15) is 0 Å². The molecule has 0 aliphatic carbocycles. The van der Waals surface area contributed by atoms with Crippen molar-refractivity contribution >= 4 is 21.5 Å². The first kappa shape index (κ1) is 16.5. The van der Waals surface area contributed by atoms with Crippen molar-refractivity contribution in [2.24, 2.45) is 0 Å². The summed E-state index contributed by atoms with van der Waals surface area (Å²) in [5, 5.41) is 0. The van der Waals surface area contributed by atoms with E-state index in [9.17, 15) is 0 Å². The fraction of sp³-hybridized carbons (Fsp3) is 0.556. The summed E-state index contributed by atoms with van der Waals surface area (Å²) in [6.45, 7) is 11.2. The van der Waals surface area contributed by atoms with E-state index in [-0.39, 0.29) is 0 Å². The molecule has 0 aliphatic heterocycles. The average Bonchev–Trinajstić information content (AvgIpc) is 2.37. The molecular weight excluding hydrogens is 296 g/mol. The first-order chi connectivity index (χ1) is 9.04. The molecular formula is C18H27Br. The zero-order chi connectivity index (χ0) is 14.4. The Labute approximate surface area is 127 Å². The van der Waals surface area contributed by atoms with Crippen molar-refractivity contribution < 1.29 is 0 Å². The van der Waals surface area contributed by atoms with Crippen LogP contribution in [-0.4, -0.2) is 0 Å². The molecule has 1 rings (SSSR count). The molecule has 1 heteroatoms. The molecule has 0 aliphatic rings. The normalized spacial score (nSPS) is 10.6. The fourth-order valence-corrected chi connectivity index (χ4v) is 3.16. The Morgan fingerprint density at radius 1 is 0.947 bits per heavy atom. The second kappa shape index (κ2) is 7.89. The first-order valence-corrected chi connectivity index (χ1v) is 8.32. The summed E-state index contributed by atoms with van der Waals surface area (Å²) in [6, 6.07) is 4.61. The quantitative estimate of drug-likeness (QED) is 0.538. The predicted molar refractivity (Wildman–Crippen MR) is 90.6 cm³/mol. The Bertz CT molecular complexity index is 447. The number of hydrogen-bond acceptors (Lipinski definition) is 0. The van der Waals surface area contributed by atoms with Gasteiger partial charge in [-0.25, -0.2) is 0 Å². The van der Waals surface area contributed by atoms with E-state index in [4.69, 9.17) is 0 Å². The molecule has 0 N–H and O–H groups in total. The number of rotatable bonds is 6. The lowest BCUT2D eigenvalue weighted by atomic mass is 9.89. The average molecular weight is 323 g/mol. The van der Waals surface area contributed by atoms with Crippen LogP contribution < -0.4 is 0 Å². The molecule has 1 aromatic carbocycles. The van der Waals surface area contributed by atoms with Crippen LogP contribution in [0.25, 0.3) is 5.57 Å². The topological polar surface area (TPSA) is 0 Å². The molecule has 0 aromatic heterocycles. The Morgan fingerprint density at radius 3 is 2.00 bits per heavy atom. The molecule has 1 aromatic rings. The van der Waals surface area contributed by atoms with Crippen LogP contribution in [0.1, 0.15) is 69.6 Å². The van der Waals surface area contributed by atoms with Crippen LogP contribution in [0.15, 0.2) is 22.2 Å². The van der Waals surface area contributed by atoms with Crippen LogP contribution in [0, 0.1) is 13.8 Å². The van der Waals surface area contributed by atoms with E-state index >= 15 is 0 Å². The zero-order valence-corrected chi connectivity index (χ0v) is 14.7. The van der Waals surface area contributed by atoms with Gasteiger partial charge >= 0.3 is 0 Å². The maximum absolute atomic E-state index is 3.68. The summed E-state index contributed by atoms with van der Waals surface area (Å²) in [5.74, 6) is 0. The van der Waals surface area contributed by atoms with E-state index in [1.165, 1.54) is 46.8 Å². The second-order valence-corrected chi connectivity index (χ2v) is 6.21. The minimum absolute atomic E-state index is 1.13. The molecule has 106 valence electrons. The molecule has 0 saturated heterocycles. The second-order valence-electron chi connectivity index (χ2n) is 5.35. The van der Waals surface area contributed by atoms with Gasteiger partial charge in [0.15, 0.2) is 0 Å². The maximum atomic E-state index is 3.68. The highest BCUT2D eigenvalue weighted by Crippen LogP contribution is 2.33. The monoisotopic (exact) mass is 322 g/mol. The van der Waals surface area contributed by atoms with E-state index in [0.29, 0.717) is 0 Å². The third kappa shape index (κ3) is 4.21. The number of benzene rings is 1. The predicted octanol–water partition coefficient (Wildman–Crippen LogP) is 6.83. The Hall–Kier alpha value is -0.560. The largest absolute Gasteiger partial charge is 0.0664 e. The van der Waals surface area contributed by atoms with Gasteiger partial charge in [0.2, 0.25) is 0 Å². The highest BCUT2D eigenvalue weighted by molar-refractivity contribution is 9.10. The molecule has 0 saturated carbocycles. The van der Waals surface area contributed by atoms with Crippen LogP contribution in [0.5, 0.6) is 0 Å². The third-order valence-corrected chi connectivity index (χ3v) is 4.57. The molecule has 0 unspecified atom stereocenters. The lowest BCUT2D eigenvalue weighted by Crippen LogP contribution is -1.96. The van der Waals surface area contributed by atoms with E-state index in [2.05, 4.69) is 62.7 Å². The molecule has 19 heavy (non-hydrogen) atoms. The molecule has 0 atom stereocenters. The summed E-state index contributed by atoms with van der Waals surface area (Å²) >= 11 is 3.68. The van der Waals surface area contributed by atoms with Crippen molar-refractivity contribution in [3.63, 3.8) is 0 Å². The lowest BCUT2D eigenvalue weighted by Gasteiger charge is -2.17. The van der Waals surface area contributed by atoms with Crippen LogP contribution in [-0.2, 0) is 0 Å². The molecule has 0 bridgehead atoms. The van der Waals surface area contributed by atoms with Crippen LogP contribution >= 0.6 is 15.9 Å². The van der Waals surface area contributed by atoms with Crippen LogP contribution in [0.3, 0.4) is 0 Å². The Morgan fingerprint density at radius 2 is 1.53 bits per heavy atom. The summed E-state index contributed by atoms with van der Waals surface area (Å²) in [7, 11) is 0. The van der Waals surface area contributed by atoms with Crippen molar-refractivity contribution in [1.82, 2.24) is 0 Å². The third-order valence-electron chi connectivity index (χ3n) is 3.71. The number of halogens is 1. The van der Waals surface area contributed by atoms with E-state index < -0.39 is 0 Å². The van der Waals surface area contributed by atoms with Gasteiger partial charge in [-0.2, -0.15) is 0 Å².